The minimum atomic E-state index is -0.967. The maximum absolute atomic E-state index is 10.9. The first-order valence-corrected chi connectivity index (χ1v) is 7.97. The minimum Gasteiger partial charge on any atom is -0.490 e. The minimum absolute atomic E-state index is 0.00195. The van der Waals surface area contributed by atoms with Crippen molar-refractivity contribution in [2.75, 3.05) is 13.2 Å². The molecule has 4 nitrogen and oxygen atoms in total. The summed E-state index contributed by atoms with van der Waals surface area (Å²) in [7, 11) is 0. The van der Waals surface area contributed by atoms with Crippen molar-refractivity contribution in [2.24, 2.45) is 0 Å². The summed E-state index contributed by atoms with van der Waals surface area (Å²) < 4.78 is 11.5. The molecule has 0 saturated heterocycles. The zero-order valence-corrected chi connectivity index (χ0v) is 14.6. The highest BCUT2D eigenvalue weighted by Crippen LogP contribution is 2.32. The van der Waals surface area contributed by atoms with Crippen LogP contribution >= 0.6 is 0 Å². The van der Waals surface area contributed by atoms with E-state index in [1.165, 1.54) is 17.7 Å². The number of aromatic carboxylic acids is 1. The zero-order valence-electron chi connectivity index (χ0n) is 14.6. The molecule has 2 aromatic rings. The third-order valence-corrected chi connectivity index (χ3v) is 3.63. The number of carbonyl (C=O) groups is 1. The summed E-state index contributed by atoms with van der Waals surface area (Å²) in [6, 6.07) is 12.6. The third kappa shape index (κ3) is 4.75. The Morgan fingerprint density at radius 3 is 2.42 bits per heavy atom. The van der Waals surface area contributed by atoms with Crippen molar-refractivity contribution in [2.45, 2.75) is 33.1 Å². The van der Waals surface area contributed by atoms with Gasteiger partial charge in [-0.05, 0) is 42.2 Å². The van der Waals surface area contributed by atoms with E-state index in [0.29, 0.717) is 19.0 Å². The Morgan fingerprint density at radius 1 is 1.04 bits per heavy atom. The van der Waals surface area contributed by atoms with Crippen LogP contribution in [0.2, 0.25) is 0 Å². The molecule has 0 radical (unpaired) electrons. The largest absolute Gasteiger partial charge is 0.490 e. The van der Waals surface area contributed by atoms with E-state index in [9.17, 15) is 4.79 Å². The van der Waals surface area contributed by atoms with Crippen LogP contribution in [0.15, 0.2) is 42.5 Å². The van der Waals surface area contributed by atoms with Gasteiger partial charge in [0.2, 0.25) is 0 Å². The second-order valence-corrected chi connectivity index (χ2v) is 6.78. The summed E-state index contributed by atoms with van der Waals surface area (Å²) in [5.41, 5.74) is 2.57. The second kappa shape index (κ2) is 7.39. The molecule has 0 bridgehead atoms. The van der Waals surface area contributed by atoms with Crippen molar-refractivity contribution < 1.29 is 19.4 Å². The lowest BCUT2D eigenvalue weighted by Crippen LogP contribution is -2.16. The molecule has 128 valence electrons. The van der Waals surface area contributed by atoms with Crippen LogP contribution in [0.1, 0.15) is 42.3 Å². The third-order valence-electron chi connectivity index (χ3n) is 3.63. The molecule has 0 fully saturated rings. The van der Waals surface area contributed by atoms with E-state index in [-0.39, 0.29) is 11.0 Å². The Morgan fingerprint density at radius 2 is 1.75 bits per heavy atom. The SMILES string of the molecule is Cc1ccc(OCCOc2cccc(C(=O)O)c2)c(C(C)(C)C)c1. The van der Waals surface area contributed by atoms with Crippen LogP contribution in [-0.2, 0) is 5.41 Å². The molecule has 24 heavy (non-hydrogen) atoms. The second-order valence-electron chi connectivity index (χ2n) is 6.78. The number of hydrogen-bond donors (Lipinski definition) is 1. The fourth-order valence-corrected chi connectivity index (χ4v) is 2.39. The molecule has 0 atom stereocenters. The molecule has 0 aliphatic carbocycles. The van der Waals surface area contributed by atoms with E-state index in [0.717, 1.165) is 11.3 Å². The van der Waals surface area contributed by atoms with Gasteiger partial charge in [0.1, 0.15) is 24.7 Å². The lowest BCUT2D eigenvalue weighted by Gasteiger charge is -2.23. The number of rotatable bonds is 6. The van der Waals surface area contributed by atoms with Crippen molar-refractivity contribution in [3.63, 3.8) is 0 Å². The summed E-state index contributed by atoms with van der Waals surface area (Å²) in [6.07, 6.45) is 0. The van der Waals surface area contributed by atoms with Gasteiger partial charge in [-0.15, -0.1) is 0 Å². The van der Waals surface area contributed by atoms with Crippen LogP contribution < -0.4 is 9.47 Å². The number of benzene rings is 2. The van der Waals surface area contributed by atoms with Crippen LogP contribution in [0, 0.1) is 6.92 Å². The van der Waals surface area contributed by atoms with E-state index in [1.807, 2.05) is 12.1 Å². The predicted molar refractivity (Wildman–Crippen MR) is 94.3 cm³/mol. The van der Waals surface area contributed by atoms with Gasteiger partial charge < -0.3 is 14.6 Å². The summed E-state index contributed by atoms with van der Waals surface area (Å²) in [4.78, 5) is 10.9. The molecule has 2 aromatic carbocycles. The molecule has 0 unspecified atom stereocenters. The number of ether oxygens (including phenoxy) is 2. The molecule has 4 heteroatoms. The molecule has 0 aliphatic heterocycles. The van der Waals surface area contributed by atoms with Gasteiger partial charge in [-0.3, -0.25) is 0 Å². The highest BCUT2D eigenvalue weighted by Gasteiger charge is 2.19. The highest BCUT2D eigenvalue weighted by atomic mass is 16.5. The van der Waals surface area contributed by atoms with Gasteiger partial charge in [-0.1, -0.05) is 44.5 Å². The standard InChI is InChI=1S/C20H24O4/c1-14-8-9-18(17(12-14)20(2,3)4)24-11-10-23-16-7-5-6-15(13-16)19(21)22/h5-9,12-13H,10-11H2,1-4H3,(H,21,22). The van der Waals surface area contributed by atoms with E-state index < -0.39 is 5.97 Å². The van der Waals surface area contributed by atoms with E-state index in [2.05, 4.69) is 33.8 Å². The monoisotopic (exact) mass is 328 g/mol. The van der Waals surface area contributed by atoms with Crippen LogP contribution in [0.25, 0.3) is 0 Å². The number of carboxylic acid groups (broad SMARTS) is 1. The first kappa shape index (κ1) is 17.9. The van der Waals surface area contributed by atoms with Crippen molar-refractivity contribution in [1.82, 2.24) is 0 Å². The molecule has 0 aliphatic rings. The molecule has 1 N–H and O–H groups in total. The van der Waals surface area contributed by atoms with Crippen LogP contribution in [-0.4, -0.2) is 24.3 Å². The van der Waals surface area contributed by atoms with Crippen molar-refractivity contribution in [3.8, 4) is 11.5 Å². The molecule has 0 amide bonds. The van der Waals surface area contributed by atoms with E-state index in [4.69, 9.17) is 14.6 Å². The Bertz CT molecular complexity index is 714. The highest BCUT2D eigenvalue weighted by molar-refractivity contribution is 5.87. The van der Waals surface area contributed by atoms with Crippen LogP contribution in [0.3, 0.4) is 0 Å². The van der Waals surface area contributed by atoms with Gasteiger partial charge in [0.05, 0.1) is 5.56 Å². The van der Waals surface area contributed by atoms with Gasteiger partial charge in [0.15, 0.2) is 0 Å². The average Bonchev–Trinajstić information content (AvgIpc) is 2.52. The van der Waals surface area contributed by atoms with E-state index in [1.54, 1.807) is 12.1 Å². The van der Waals surface area contributed by atoms with Gasteiger partial charge in [0, 0.05) is 0 Å². The lowest BCUT2D eigenvalue weighted by molar-refractivity contribution is 0.0696. The smallest absolute Gasteiger partial charge is 0.335 e. The first-order chi connectivity index (χ1) is 11.3. The molecule has 0 saturated carbocycles. The number of aryl methyl sites for hydroxylation is 1. The van der Waals surface area contributed by atoms with Crippen molar-refractivity contribution >= 4 is 5.97 Å². The fraction of sp³-hybridized carbons (Fsp3) is 0.350. The molecular formula is C20H24O4. The van der Waals surface area contributed by atoms with Crippen LogP contribution in [0.4, 0.5) is 0 Å². The summed E-state index contributed by atoms with van der Waals surface area (Å²) in [5, 5.41) is 8.98. The Hall–Kier alpha value is -2.49. The maximum Gasteiger partial charge on any atom is 0.335 e. The quantitative estimate of drug-likeness (QED) is 0.796. The molecule has 0 spiro atoms. The predicted octanol–water partition coefficient (Wildman–Crippen LogP) is 4.45. The van der Waals surface area contributed by atoms with Gasteiger partial charge >= 0.3 is 5.97 Å². The Balaban J connectivity index is 1.96. The first-order valence-electron chi connectivity index (χ1n) is 7.97. The molecule has 0 aromatic heterocycles. The maximum atomic E-state index is 10.9. The average molecular weight is 328 g/mol. The molecule has 0 heterocycles. The van der Waals surface area contributed by atoms with Crippen molar-refractivity contribution in [3.05, 3.63) is 59.2 Å². The van der Waals surface area contributed by atoms with Gasteiger partial charge in [-0.2, -0.15) is 0 Å². The van der Waals surface area contributed by atoms with Gasteiger partial charge in [0.25, 0.3) is 0 Å². The number of hydrogen-bond acceptors (Lipinski definition) is 3. The van der Waals surface area contributed by atoms with Gasteiger partial charge in [-0.25, -0.2) is 4.79 Å². The summed E-state index contributed by atoms with van der Waals surface area (Å²) >= 11 is 0. The van der Waals surface area contributed by atoms with Crippen molar-refractivity contribution in [1.29, 1.82) is 0 Å². The summed E-state index contributed by atoms with van der Waals surface area (Å²) in [6.45, 7) is 9.27. The fourth-order valence-electron chi connectivity index (χ4n) is 2.39. The number of carboxylic acids is 1. The molecular weight excluding hydrogens is 304 g/mol. The zero-order chi connectivity index (χ0) is 17.7. The van der Waals surface area contributed by atoms with E-state index >= 15 is 0 Å². The Labute approximate surface area is 143 Å². The Kier molecular flexibility index (Phi) is 5.50. The molecule has 2 rings (SSSR count). The van der Waals surface area contributed by atoms with Crippen LogP contribution in [0.5, 0.6) is 11.5 Å². The lowest BCUT2D eigenvalue weighted by atomic mass is 9.85. The topological polar surface area (TPSA) is 55.8 Å². The normalized spacial score (nSPS) is 11.2. The summed E-state index contributed by atoms with van der Waals surface area (Å²) in [5.74, 6) is 0.417.